The molecule has 18 heavy (non-hydrogen) atoms. The summed E-state index contributed by atoms with van der Waals surface area (Å²) in [5.74, 6) is 1.54. The normalized spacial score (nSPS) is 16.4. The van der Waals surface area contributed by atoms with Gasteiger partial charge < -0.3 is 9.64 Å². The molecule has 0 aromatic carbocycles. The minimum Gasteiger partial charge on any atom is -0.378 e. The lowest BCUT2D eigenvalue weighted by atomic mass is 9.95. The van der Waals surface area contributed by atoms with Crippen molar-refractivity contribution in [3.8, 4) is 6.07 Å². The predicted molar refractivity (Wildman–Crippen MR) is 68.5 cm³/mol. The molecule has 0 bridgehead atoms. The van der Waals surface area contributed by atoms with E-state index in [1.807, 2.05) is 20.8 Å². The van der Waals surface area contributed by atoms with Gasteiger partial charge in [-0.25, -0.2) is 9.97 Å². The van der Waals surface area contributed by atoms with Crippen LogP contribution < -0.4 is 4.90 Å². The molecule has 1 saturated heterocycles. The van der Waals surface area contributed by atoms with Crippen molar-refractivity contribution in [3.63, 3.8) is 0 Å². The molecule has 1 aromatic heterocycles. The summed E-state index contributed by atoms with van der Waals surface area (Å²) in [5.41, 5.74) is 0.268. The molecule has 1 aromatic rings. The number of rotatable bonds is 1. The highest BCUT2D eigenvalue weighted by atomic mass is 16.5. The van der Waals surface area contributed by atoms with Gasteiger partial charge in [0.05, 0.1) is 13.2 Å². The molecule has 96 valence electrons. The van der Waals surface area contributed by atoms with Crippen molar-refractivity contribution in [2.45, 2.75) is 26.2 Å². The van der Waals surface area contributed by atoms with Gasteiger partial charge in [0.2, 0.25) is 0 Å². The minimum atomic E-state index is -0.159. The molecule has 0 saturated carbocycles. The van der Waals surface area contributed by atoms with Crippen LogP contribution in [-0.2, 0) is 10.2 Å². The second-order valence-electron chi connectivity index (χ2n) is 5.40. The van der Waals surface area contributed by atoms with Gasteiger partial charge >= 0.3 is 0 Å². The van der Waals surface area contributed by atoms with E-state index in [1.165, 1.54) is 0 Å². The second kappa shape index (κ2) is 4.91. The fourth-order valence-electron chi connectivity index (χ4n) is 1.78. The van der Waals surface area contributed by atoms with E-state index in [9.17, 15) is 0 Å². The molecule has 0 atom stereocenters. The number of nitrogens with zero attached hydrogens (tertiary/aromatic N) is 4. The van der Waals surface area contributed by atoms with E-state index in [-0.39, 0.29) is 5.41 Å². The summed E-state index contributed by atoms with van der Waals surface area (Å²) in [6.07, 6.45) is 0. The first-order valence-electron chi connectivity index (χ1n) is 6.13. The number of ether oxygens (including phenoxy) is 1. The van der Waals surface area contributed by atoms with Crippen LogP contribution in [0.25, 0.3) is 0 Å². The quantitative estimate of drug-likeness (QED) is 0.751. The van der Waals surface area contributed by atoms with Gasteiger partial charge in [-0.3, -0.25) is 0 Å². The van der Waals surface area contributed by atoms with Gasteiger partial charge in [0.1, 0.15) is 23.4 Å². The Morgan fingerprint density at radius 3 is 2.50 bits per heavy atom. The summed E-state index contributed by atoms with van der Waals surface area (Å²) in [6.45, 7) is 9.18. The molecule has 0 radical (unpaired) electrons. The van der Waals surface area contributed by atoms with E-state index >= 15 is 0 Å². The highest BCUT2D eigenvalue weighted by Crippen LogP contribution is 2.22. The van der Waals surface area contributed by atoms with Gasteiger partial charge in [-0.2, -0.15) is 5.26 Å². The molecule has 1 fully saturated rings. The molecule has 1 aliphatic heterocycles. The predicted octanol–water partition coefficient (Wildman–Crippen LogP) is 1.48. The number of anilines is 1. The maximum atomic E-state index is 9.07. The van der Waals surface area contributed by atoms with Crippen LogP contribution in [0.3, 0.4) is 0 Å². The van der Waals surface area contributed by atoms with Gasteiger partial charge in [0.15, 0.2) is 0 Å². The molecule has 2 rings (SSSR count). The van der Waals surface area contributed by atoms with Gasteiger partial charge in [-0.05, 0) is 0 Å². The first-order chi connectivity index (χ1) is 8.50. The third-order valence-corrected chi connectivity index (χ3v) is 2.83. The minimum absolute atomic E-state index is 0.159. The van der Waals surface area contributed by atoms with Gasteiger partial charge in [-0.15, -0.1) is 0 Å². The Bertz CT molecular complexity index is 467. The summed E-state index contributed by atoms with van der Waals surface area (Å²) in [7, 11) is 0. The van der Waals surface area contributed by atoms with Crippen molar-refractivity contribution in [2.24, 2.45) is 0 Å². The van der Waals surface area contributed by atoms with Crippen LogP contribution in [0.5, 0.6) is 0 Å². The number of aromatic nitrogens is 2. The number of nitriles is 1. The van der Waals surface area contributed by atoms with Gasteiger partial charge in [0.25, 0.3) is 0 Å². The molecule has 0 unspecified atom stereocenters. The van der Waals surface area contributed by atoms with E-state index < -0.39 is 0 Å². The average Bonchev–Trinajstić information content (AvgIpc) is 2.38. The van der Waals surface area contributed by atoms with Crippen LogP contribution in [-0.4, -0.2) is 36.3 Å². The first kappa shape index (κ1) is 12.8. The molecule has 5 nitrogen and oxygen atoms in total. The molecule has 0 amide bonds. The van der Waals surface area contributed by atoms with E-state index in [0.717, 1.165) is 18.9 Å². The first-order valence-corrected chi connectivity index (χ1v) is 6.13. The fraction of sp³-hybridized carbons (Fsp3) is 0.615. The summed E-state index contributed by atoms with van der Waals surface area (Å²) < 4.78 is 5.33. The second-order valence-corrected chi connectivity index (χ2v) is 5.40. The van der Waals surface area contributed by atoms with Crippen LogP contribution in [0.4, 0.5) is 5.82 Å². The Kier molecular flexibility index (Phi) is 3.48. The smallest absolute Gasteiger partial charge is 0.146 e. The van der Waals surface area contributed by atoms with E-state index in [4.69, 9.17) is 10.00 Å². The summed E-state index contributed by atoms with van der Waals surface area (Å²) in [5, 5.41) is 9.07. The van der Waals surface area contributed by atoms with Gasteiger partial charge in [0, 0.05) is 24.6 Å². The van der Waals surface area contributed by atoms with Gasteiger partial charge in [-0.1, -0.05) is 20.8 Å². The topological polar surface area (TPSA) is 62.0 Å². The van der Waals surface area contributed by atoms with E-state index in [2.05, 4.69) is 20.9 Å². The zero-order valence-corrected chi connectivity index (χ0v) is 11.1. The van der Waals surface area contributed by atoms with E-state index in [1.54, 1.807) is 6.07 Å². The molecule has 0 N–H and O–H groups in total. The Labute approximate surface area is 107 Å². The van der Waals surface area contributed by atoms with Crippen LogP contribution in [0, 0.1) is 11.3 Å². The SMILES string of the molecule is CC(C)(C)c1nc(C#N)cc(N2CCOCC2)n1. The monoisotopic (exact) mass is 246 g/mol. The highest BCUT2D eigenvalue weighted by molar-refractivity contribution is 5.44. The molecule has 0 spiro atoms. The number of morpholine rings is 1. The van der Waals surface area contributed by atoms with Crippen molar-refractivity contribution < 1.29 is 4.74 Å². The van der Waals surface area contributed by atoms with Crippen molar-refractivity contribution in [1.82, 2.24) is 9.97 Å². The maximum Gasteiger partial charge on any atom is 0.146 e. The third kappa shape index (κ3) is 2.77. The lowest BCUT2D eigenvalue weighted by Gasteiger charge is -2.29. The number of hydrogen-bond donors (Lipinski definition) is 0. The number of hydrogen-bond acceptors (Lipinski definition) is 5. The molecule has 5 heteroatoms. The molecule has 2 heterocycles. The molecule has 1 aliphatic rings. The fourth-order valence-corrected chi connectivity index (χ4v) is 1.78. The van der Waals surface area contributed by atoms with Crippen LogP contribution in [0.2, 0.25) is 0 Å². The Morgan fingerprint density at radius 2 is 1.94 bits per heavy atom. The van der Waals surface area contributed by atoms with Crippen molar-refractivity contribution in [3.05, 3.63) is 17.6 Å². The summed E-state index contributed by atoms with van der Waals surface area (Å²) in [6, 6.07) is 3.86. The van der Waals surface area contributed by atoms with Crippen molar-refractivity contribution in [1.29, 1.82) is 5.26 Å². The molecule has 0 aliphatic carbocycles. The van der Waals surface area contributed by atoms with Crippen LogP contribution in [0.15, 0.2) is 6.07 Å². The van der Waals surface area contributed by atoms with E-state index in [0.29, 0.717) is 24.7 Å². The Balaban J connectivity index is 2.38. The highest BCUT2D eigenvalue weighted by Gasteiger charge is 2.21. The Morgan fingerprint density at radius 1 is 1.28 bits per heavy atom. The zero-order chi connectivity index (χ0) is 13.2. The standard InChI is InChI=1S/C13H18N4O/c1-13(2,3)12-15-10(9-14)8-11(16-12)17-4-6-18-7-5-17/h8H,4-7H2,1-3H3. The van der Waals surface area contributed by atoms with Crippen molar-refractivity contribution >= 4 is 5.82 Å². The summed E-state index contributed by atoms with van der Waals surface area (Å²) in [4.78, 5) is 11.0. The van der Waals surface area contributed by atoms with Crippen molar-refractivity contribution in [2.75, 3.05) is 31.2 Å². The lowest BCUT2D eigenvalue weighted by Crippen LogP contribution is -2.37. The van der Waals surface area contributed by atoms with Crippen LogP contribution in [0.1, 0.15) is 32.3 Å². The largest absolute Gasteiger partial charge is 0.378 e. The molecular weight excluding hydrogens is 228 g/mol. The Hall–Kier alpha value is -1.67. The third-order valence-electron chi connectivity index (χ3n) is 2.83. The maximum absolute atomic E-state index is 9.07. The summed E-state index contributed by atoms with van der Waals surface area (Å²) >= 11 is 0. The lowest BCUT2D eigenvalue weighted by molar-refractivity contribution is 0.122. The zero-order valence-electron chi connectivity index (χ0n) is 11.1. The molecular formula is C13H18N4O. The van der Waals surface area contributed by atoms with Crippen LogP contribution >= 0.6 is 0 Å². The average molecular weight is 246 g/mol.